The maximum Gasteiger partial charge on any atom is 0.268 e. The van der Waals surface area contributed by atoms with Gasteiger partial charge < -0.3 is 15.4 Å². The lowest BCUT2D eigenvalue weighted by molar-refractivity contribution is -0.131. The predicted molar refractivity (Wildman–Crippen MR) is 80.5 cm³/mol. The van der Waals surface area contributed by atoms with Gasteiger partial charge in [-0.05, 0) is 36.1 Å². The Hall–Kier alpha value is -2.30. The highest BCUT2D eigenvalue weighted by Crippen LogP contribution is 2.15. The molecule has 112 valence electrons. The molecule has 1 aliphatic heterocycles. The summed E-state index contributed by atoms with van der Waals surface area (Å²) in [5, 5.41) is 5.42. The normalized spacial score (nSPS) is 20.4. The molecule has 1 unspecified atom stereocenters. The molecule has 5 heteroatoms. The molecule has 2 N–H and O–H groups in total. The van der Waals surface area contributed by atoms with Crippen LogP contribution < -0.4 is 15.4 Å². The molecule has 21 heavy (non-hydrogen) atoms. The number of carbonyl (C=O) groups is 2. The first-order chi connectivity index (χ1) is 9.99. The summed E-state index contributed by atoms with van der Waals surface area (Å²) in [5.41, 5.74) is 1.09. The van der Waals surface area contributed by atoms with Crippen molar-refractivity contribution in [2.24, 2.45) is 5.92 Å². The number of piperazine rings is 1. The summed E-state index contributed by atoms with van der Waals surface area (Å²) in [7, 11) is 1.59. The average Bonchev–Trinajstić information content (AvgIpc) is 2.44. The molecule has 1 aliphatic rings. The van der Waals surface area contributed by atoms with Crippen LogP contribution in [-0.4, -0.2) is 25.0 Å². The van der Waals surface area contributed by atoms with E-state index in [4.69, 9.17) is 4.74 Å². The van der Waals surface area contributed by atoms with Crippen LogP contribution in [-0.2, 0) is 9.59 Å². The van der Waals surface area contributed by atoms with Crippen LogP contribution in [0.25, 0.3) is 6.08 Å². The third-order valence-electron chi connectivity index (χ3n) is 3.26. The number of nitrogens with one attached hydrogen (secondary N) is 2. The maximum atomic E-state index is 12.0. The minimum atomic E-state index is -0.453. The first-order valence-electron chi connectivity index (χ1n) is 6.97. The Morgan fingerprint density at radius 2 is 1.90 bits per heavy atom. The molecule has 2 amide bonds. The van der Waals surface area contributed by atoms with E-state index >= 15 is 0 Å². The summed E-state index contributed by atoms with van der Waals surface area (Å²) >= 11 is 0. The Morgan fingerprint density at radius 3 is 2.48 bits per heavy atom. The molecule has 5 nitrogen and oxygen atoms in total. The Morgan fingerprint density at radius 1 is 1.24 bits per heavy atom. The van der Waals surface area contributed by atoms with E-state index in [1.165, 1.54) is 0 Å². The number of rotatable bonds is 4. The molecule has 0 aliphatic carbocycles. The van der Waals surface area contributed by atoms with Gasteiger partial charge in [0, 0.05) is 0 Å². The first-order valence-corrected chi connectivity index (χ1v) is 6.97. The minimum Gasteiger partial charge on any atom is -0.497 e. The highest BCUT2D eigenvalue weighted by Gasteiger charge is 2.29. The summed E-state index contributed by atoms with van der Waals surface area (Å²) in [6.07, 6.45) is 2.28. The Kier molecular flexibility index (Phi) is 4.62. The second-order valence-electron chi connectivity index (χ2n) is 5.48. The molecule has 2 rings (SSSR count). The van der Waals surface area contributed by atoms with Crippen molar-refractivity contribution in [2.75, 3.05) is 7.11 Å². The molecule has 0 spiro atoms. The smallest absolute Gasteiger partial charge is 0.268 e. The molecule has 0 saturated carbocycles. The molecule has 1 heterocycles. The van der Waals surface area contributed by atoms with Crippen molar-refractivity contribution in [3.8, 4) is 5.75 Å². The van der Waals surface area contributed by atoms with Crippen LogP contribution >= 0.6 is 0 Å². The van der Waals surface area contributed by atoms with Crippen LogP contribution in [0.15, 0.2) is 30.0 Å². The largest absolute Gasteiger partial charge is 0.497 e. The Bertz CT molecular complexity index is 561. The third-order valence-corrected chi connectivity index (χ3v) is 3.26. The number of benzene rings is 1. The molecule has 1 fully saturated rings. The third kappa shape index (κ3) is 3.84. The van der Waals surface area contributed by atoms with E-state index in [1.807, 2.05) is 26.0 Å². The maximum absolute atomic E-state index is 12.0. The molecule has 0 aromatic heterocycles. The predicted octanol–water partition coefficient (Wildman–Crippen LogP) is 1.70. The lowest BCUT2D eigenvalue weighted by Crippen LogP contribution is -2.55. The number of hydrogen-bond acceptors (Lipinski definition) is 3. The zero-order valence-corrected chi connectivity index (χ0v) is 12.5. The Balaban J connectivity index is 2.12. The topological polar surface area (TPSA) is 67.4 Å². The lowest BCUT2D eigenvalue weighted by atomic mass is 10.0. The molecule has 1 atom stereocenters. The quantitative estimate of drug-likeness (QED) is 0.829. The van der Waals surface area contributed by atoms with Gasteiger partial charge >= 0.3 is 0 Å². The van der Waals surface area contributed by atoms with Crippen LogP contribution in [0.1, 0.15) is 25.8 Å². The summed E-state index contributed by atoms with van der Waals surface area (Å²) in [6, 6.07) is 6.80. The fourth-order valence-electron chi connectivity index (χ4n) is 2.18. The summed E-state index contributed by atoms with van der Waals surface area (Å²) in [5.74, 6) is 0.665. The monoisotopic (exact) mass is 288 g/mol. The van der Waals surface area contributed by atoms with E-state index in [1.54, 1.807) is 25.3 Å². The van der Waals surface area contributed by atoms with Crippen molar-refractivity contribution in [3.05, 3.63) is 35.5 Å². The number of methoxy groups -OCH3 is 1. The van der Waals surface area contributed by atoms with Gasteiger partial charge in [-0.1, -0.05) is 26.0 Å². The van der Waals surface area contributed by atoms with Gasteiger partial charge in [-0.25, -0.2) is 0 Å². The first kappa shape index (κ1) is 15.1. The van der Waals surface area contributed by atoms with Gasteiger partial charge in [0.25, 0.3) is 5.91 Å². The minimum absolute atomic E-state index is 0.164. The van der Waals surface area contributed by atoms with Crippen LogP contribution in [0, 0.1) is 5.92 Å². The molecular weight excluding hydrogens is 268 g/mol. The highest BCUT2D eigenvalue weighted by atomic mass is 16.5. The van der Waals surface area contributed by atoms with Gasteiger partial charge in [0.1, 0.15) is 17.5 Å². The van der Waals surface area contributed by atoms with Crippen molar-refractivity contribution in [2.45, 2.75) is 26.3 Å². The number of ether oxygens (including phenoxy) is 1. The van der Waals surface area contributed by atoms with E-state index in [0.29, 0.717) is 12.3 Å². The van der Waals surface area contributed by atoms with Crippen molar-refractivity contribution in [1.29, 1.82) is 0 Å². The van der Waals surface area contributed by atoms with Crippen LogP contribution in [0.5, 0.6) is 5.75 Å². The van der Waals surface area contributed by atoms with Crippen LogP contribution in [0.3, 0.4) is 0 Å². The molecule has 0 bridgehead atoms. The van der Waals surface area contributed by atoms with E-state index in [-0.39, 0.29) is 17.5 Å². The molecule has 1 saturated heterocycles. The summed E-state index contributed by atoms with van der Waals surface area (Å²) in [4.78, 5) is 24.0. The van der Waals surface area contributed by atoms with E-state index < -0.39 is 6.04 Å². The van der Waals surface area contributed by atoms with E-state index in [0.717, 1.165) is 11.3 Å². The number of hydrogen-bond donors (Lipinski definition) is 2. The van der Waals surface area contributed by atoms with Crippen molar-refractivity contribution < 1.29 is 14.3 Å². The second-order valence-corrected chi connectivity index (χ2v) is 5.48. The standard InChI is InChI=1S/C16H20N2O3/c1-10(2)8-13-15(19)18-14(16(20)17-13)9-11-4-6-12(21-3)7-5-11/h4-7,9-10,13H,8H2,1-3H3,(H,17,20)(H,18,19). The fourth-order valence-corrected chi connectivity index (χ4v) is 2.18. The van der Waals surface area contributed by atoms with E-state index in [2.05, 4.69) is 10.6 Å². The van der Waals surface area contributed by atoms with Gasteiger partial charge in [0.05, 0.1) is 7.11 Å². The average molecular weight is 288 g/mol. The van der Waals surface area contributed by atoms with Crippen molar-refractivity contribution in [3.63, 3.8) is 0 Å². The SMILES string of the molecule is COc1ccc(C=C2NC(=O)C(CC(C)C)NC2=O)cc1. The van der Waals surface area contributed by atoms with E-state index in [9.17, 15) is 9.59 Å². The van der Waals surface area contributed by atoms with Gasteiger partial charge in [-0.15, -0.1) is 0 Å². The Labute approximate surface area is 124 Å². The van der Waals surface area contributed by atoms with Gasteiger partial charge in [0.15, 0.2) is 0 Å². The molecule has 0 radical (unpaired) electrons. The van der Waals surface area contributed by atoms with Gasteiger partial charge in [0.2, 0.25) is 5.91 Å². The van der Waals surface area contributed by atoms with Crippen molar-refractivity contribution in [1.82, 2.24) is 10.6 Å². The van der Waals surface area contributed by atoms with Crippen molar-refractivity contribution >= 4 is 17.9 Å². The van der Waals surface area contributed by atoms with Gasteiger partial charge in [-0.2, -0.15) is 0 Å². The van der Waals surface area contributed by atoms with Gasteiger partial charge in [-0.3, -0.25) is 9.59 Å². The fraction of sp³-hybridized carbons (Fsp3) is 0.375. The highest BCUT2D eigenvalue weighted by molar-refractivity contribution is 6.07. The zero-order valence-electron chi connectivity index (χ0n) is 12.5. The lowest BCUT2D eigenvalue weighted by Gasteiger charge is -2.26. The molecule has 1 aromatic carbocycles. The molecular formula is C16H20N2O3. The van der Waals surface area contributed by atoms with Crippen LogP contribution in [0.4, 0.5) is 0 Å². The van der Waals surface area contributed by atoms with Crippen LogP contribution in [0.2, 0.25) is 0 Å². The zero-order chi connectivity index (χ0) is 15.4. The molecule has 1 aromatic rings. The second kappa shape index (κ2) is 6.43. The number of carbonyl (C=O) groups excluding carboxylic acids is 2. The number of amides is 2. The summed E-state index contributed by atoms with van der Waals surface area (Å²) in [6.45, 7) is 4.03. The summed E-state index contributed by atoms with van der Waals surface area (Å²) < 4.78 is 5.08.